The second kappa shape index (κ2) is 4.83. The van der Waals surface area contributed by atoms with Crippen molar-refractivity contribution in [1.82, 2.24) is 0 Å². The van der Waals surface area contributed by atoms with Crippen LogP contribution < -0.4 is 4.74 Å². The van der Waals surface area contributed by atoms with Crippen LogP contribution in [0.25, 0.3) is 0 Å². The molecule has 0 saturated heterocycles. The highest BCUT2D eigenvalue weighted by molar-refractivity contribution is 5.91. The van der Waals surface area contributed by atoms with Gasteiger partial charge in [-0.2, -0.15) is 0 Å². The van der Waals surface area contributed by atoms with Crippen molar-refractivity contribution < 1.29 is 9.53 Å². The third-order valence-corrected chi connectivity index (χ3v) is 2.70. The van der Waals surface area contributed by atoms with Gasteiger partial charge in [0.15, 0.2) is 0 Å². The molecule has 2 rings (SSSR count). The molecule has 0 aliphatic heterocycles. The summed E-state index contributed by atoms with van der Waals surface area (Å²) < 4.78 is 5.26. The Morgan fingerprint density at radius 3 is 2.29 bits per heavy atom. The van der Waals surface area contributed by atoms with Gasteiger partial charge in [-0.1, -0.05) is 24.3 Å². The summed E-state index contributed by atoms with van der Waals surface area (Å²) in [7, 11) is 0. The summed E-state index contributed by atoms with van der Waals surface area (Å²) in [4.78, 5) is 11.9. The van der Waals surface area contributed by atoms with Crippen LogP contribution in [0, 0.1) is 13.8 Å². The van der Waals surface area contributed by atoms with Crippen molar-refractivity contribution in [2.75, 3.05) is 0 Å². The van der Waals surface area contributed by atoms with E-state index < -0.39 is 0 Å². The fourth-order valence-electron chi connectivity index (χ4n) is 1.52. The van der Waals surface area contributed by atoms with Crippen molar-refractivity contribution in [3.05, 3.63) is 65.2 Å². The van der Waals surface area contributed by atoms with Crippen LogP contribution in [0.1, 0.15) is 21.5 Å². The van der Waals surface area contributed by atoms with E-state index >= 15 is 0 Å². The van der Waals surface area contributed by atoms with Crippen LogP contribution in [-0.4, -0.2) is 5.97 Å². The highest BCUT2D eigenvalue weighted by atomic mass is 16.5. The van der Waals surface area contributed by atoms with Gasteiger partial charge >= 0.3 is 5.97 Å². The van der Waals surface area contributed by atoms with Gasteiger partial charge in [0.25, 0.3) is 0 Å². The fourth-order valence-corrected chi connectivity index (χ4v) is 1.52. The molecule has 17 heavy (non-hydrogen) atoms. The molecular formula is C15H14O2. The van der Waals surface area contributed by atoms with Gasteiger partial charge in [-0.3, -0.25) is 0 Å². The zero-order chi connectivity index (χ0) is 12.3. The van der Waals surface area contributed by atoms with Gasteiger partial charge in [0, 0.05) is 0 Å². The maximum Gasteiger partial charge on any atom is 0.343 e. The van der Waals surface area contributed by atoms with E-state index in [2.05, 4.69) is 0 Å². The van der Waals surface area contributed by atoms with Crippen LogP contribution in [0.15, 0.2) is 48.5 Å². The first-order valence-corrected chi connectivity index (χ1v) is 5.51. The van der Waals surface area contributed by atoms with Gasteiger partial charge in [-0.15, -0.1) is 0 Å². The van der Waals surface area contributed by atoms with Crippen LogP contribution in [-0.2, 0) is 0 Å². The number of rotatable bonds is 2. The number of aryl methyl sites for hydroxylation is 2. The molecule has 86 valence electrons. The molecule has 0 spiro atoms. The van der Waals surface area contributed by atoms with Gasteiger partial charge in [-0.25, -0.2) is 4.79 Å². The number of carbonyl (C=O) groups is 1. The Hall–Kier alpha value is -2.09. The number of para-hydroxylation sites is 1. The van der Waals surface area contributed by atoms with E-state index in [0.717, 1.165) is 5.56 Å². The molecular weight excluding hydrogens is 212 g/mol. The van der Waals surface area contributed by atoms with E-state index in [4.69, 9.17) is 4.74 Å². The van der Waals surface area contributed by atoms with Crippen LogP contribution in [0.2, 0.25) is 0 Å². The number of carbonyl (C=O) groups excluding carboxylic acids is 1. The van der Waals surface area contributed by atoms with Crippen molar-refractivity contribution in [2.24, 2.45) is 0 Å². The van der Waals surface area contributed by atoms with Crippen molar-refractivity contribution in [1.29, 1.82) is 0 Å². The lowest BCUT2D eigenvalue weighted by Gasteiger charge is -2.06. The standard InChI is InChI=1S/C15H14O2/c1-11-8-9-13(10-12(11)2)15(16)17-14-6-4-3-5-7-14/h3-10H,1-2H3. The summed E-state index contributed by atoms with van der Waals surface area (Å²) in [5.74, 6) is 0.245. The predicted molar refractivity (Wildman–Crippen MR) is 67.3 cm³/mol. The highest BCUT2D eigenvalue weighted by Crippen LogP contribution is 2.14. The van der Waals surface area contributed by atoms with E-state index in [1.165, 1.54) is 5.56 Å². The summed E-state index contributed by atoms with van der Waals surface area (Å²) >= 11 is 0. The summed E-state index contributed by atoms with van der Waals surface area (Å²) in [6.45, 7) is 4.00. The Bertz CT molecular complexity index is 530. The van der Waals surface area contributed by atoms with E-state index in [1.54, 1.807) is 18.2 Å². The highest BCUT2D eigenvalue weighted by Gasteiger charge is 2.08. The third kappa shape index (κ3) is 2.72. The predicted octanol–water partition coefficient (Wildman–Crippen LogP) is 3.52. The molecule has 0 heterocycles. The van der Waals surface area contributed by atoms with Crippen molar-refractivity contribution in [3.8, 4) is 5.75 Å². The van der Waals surface area contributed by atoms with Crippen LogP contribution in [0.5, 0.6) is 5.75 Å². The Morgan fingerprint density at radius 2 is 1.65 bits per heavy atom. The summed E-state index contributed by atoms with van der Waals surface area (Å²) in [6.07, 6.45) is 0. The first-order valence-electron chi connectivity index (χ1n) is 5.51. The minimum absolute atomic E-state index is 0.320. The molecule has 0 saturated carbocycles. The monoisotopic (exact) mass is 226 g/mol. The van der Waals surface area contributed by atoms with Gasteiger partial charge in [0.1, 0.15) is 5.75 Å². The lowest BCUT2D eigenvalue weighted by Crippen LogP contribution is -2.08. The van der Waals surface area contributed by atoms with Gasteiger partial charge in [-0.05, 0) is 49.2 Å². The molecule has 0 bridgehead atoms. The third-order valence-electron chi connectivity index (χ3n) is 2.70. The topological polar surface area (TPSA) is 26.3 Å². The smallest absolute Gasteiger partial charge is 0.343 e. The fraction of sp³-hybridized carbons (Fsp3) is 0.133. The van der Waals surface area contributed by atoms with Crippen LogP contribution in [0.4, 0.5) is 0 Å². The van der Waals surface area contributed by atoms with Gasteiger partial charge in [0.2, 0.25) is 0 Å². The number of ether oxygens (including phenoxy) is 1. The van der Waals surface area contributed by atoms with Gasteiger partial charge in [0.05, 0.1) is 5.56 Å². The Labute approximate surface area is 101 Å². The number of benzene rings is 2. The van der Waals surface area contributed by atoms with Crippen molar-refractivity contribution in [2.45, 2.75) is 13.8 Å². The zero-order valence-corrected chi connectivity index (χ0v) is 9.94. The molecule has 0 amide bonds. The Balaban J connectivity index is 2.18. The second-order valence-electron chi connectivity index (χ2n) is 4.00. The molecule has 2 aromatic carbocycles. The molecule has 0 atom stereocenters. The normalized spacial score (nSPS) is 10.0. The van der Waals surface area contributed by atoms with Crippen molar-refractivity contribution in [3.63, 3.8) is 0 Å². The Morgan fingerprint density at radius 1 is 0.941 bits per heavy atom. The molecule has 0 aromatic heterocycles. The van der Waals surface area contributed by atoms with Crippen molar-refractivity contribution >= 4 is 5.97 Å². The minimum atomic E-state index is -0.320. The average Bonchev–Trinajstić information content (AvgIpc) is 2.34. The molecule has 2 nitrogen and oxygen atoms in total. The lowest BCUT2D eigenvalue weighted by atomic mass is 10.1. The van der Waals surface area contributed by atoms with E-state index in [-0.39, 0.29) is 5.97 Å². The summed E-state index contributed by atoms with van der Waals surface area (Å²) in [6, 6.07) is 14.6. The number of esters is 1. The second-order valence-corrected chi connectivity index (χ2v) is 4.00. The lowest BCUT2D eigenvalue weighted by molar-refractivity contribution is 0.0734. The summed E-state index contributed by atoms with van der Waals surface area (Å²) in [5.41, 5.74) is 2.84. The molecule has 0 unspecified atom stereocenters. The maximum atomic E-state index is 11.9. The largest absolute Gasteiger partial charge is 0.423 e. The van der Waals surface area contributed by atoms with Gasteiger partial charge < -0.3 is 4.74 Å². The minimum Gasteiger partial charge on any atom is -0.423 e. The van der Waals surface area contributed by atoms with E-state index in [0.29, 0.717) is 11.3 Å². The van der Waals surface area contributed by atoms with E-state index in [1.807, 2.05) is 44.2 Å². The molecule has 2 aromatic rings. The molecule has 0 aliphatic carbocycles. The number of hydrogen-bond acceptors (Lipinski definition) is 2. The molecule has 2 heteroatoms. The quantitative estimate of drug-likeness (QED) is 0.578. The summed E-state index contributed by atoms with van der Waals surface area (Å²) in [5, 5.41) is 0. The molecule has 0 N–H and O–H groups in total. The van der Waals surface area contributed by atoms with Crippen LogP contribution in [0.3, 0.4) is 0 Å². The molecule has 0 aliphatic rings. The molecule has 0 fully saturated rings. The SMILES string of the molecule is Cc1ccc(C(=O)Oc2ccccc2)cc1C. The van der Waals surface area contributed by atoms with Crippen LogP contribution >= 0.6 is 0 Å². The average molecular weight is 226 g/mol. The maximum absolute atomic E-state index is 11.9. The number of hydrogen-bond donors (Lipinski definition) is 0. The first-order chi connectivity index (χ1) is 8.16. The van der Waals surface area contributed by atoms with E-state index in [9.17, 15) is 4.79 Å². The Kier molecular flexibility index (Phi) is 3.24. The molecule has 0 radical (unpaired) electrons. The zero-order valence-electron chi connectivity index (χ0n) is 9.94. The first kappa shape index (κ1) is 11.4.